The van der Waals surface area contributed by atoms with Gasteiger partial charge in [-0.2, -0.15) is 0 Å². The molecule has 0 aromatic carbocycles. The van der Waals surface area contributed by atoms with Gasteiger partial charge in [0.2, 0.25) is 11.8 Å². The van der Waals surface area contributed by atoms with Crippen LogP contribution in [0.4, 0.5) is 5.82 Å². The van der Waals surface area contributed by atoms with Crippen LogP contribution in [0.25, 0.3) is 11.2 Å². The molecule has 1 saturated heterocycles. The fraction of sp³-hybridized carbons (Fsp3) is 0.774. The molecule has 0 radical (unpaired) electrons. The zero-order chi connectivity index (χ0) is 33.1. The Balaban J connectivity index is 1.30. The minimum Gasteiger partial charge on any atom is -0.394 e. The standard InChI is InChI=1S/C31H53N7O8/c1-45-16-14-12-10-8-6-4-2-3-5-7-9-11-13-15-22(41)32-17-23(42)37-24-26(43)27(44)31(46-28(24)21(40)18-39)38-30-25-29(34-19-33-25)35-20-36-30/h19-21,24,26-28,31,39-40,43-44H,2-18H2,1H3,(H,32,41)(H,37,42)(H2,33,34,35,36,38)/t21-,24+,26+,27+,28-,31-/m0/s1. The van der Waals surface area contributed by atoms with E-state index in [-0.39, 0.29) is 18.3 Å². The number of carbonyl (C=O) groups is 2. The molecule has 1 aliphatic rings. The molecule has 15 nitrogen and oxygen atoms in total. The van der Waals surface area contributed by atoms with E-state index in [9.17, 15) is 30.0 Å². The number of fused-ring (bicyclic) bond motifs is 1. The third-order valence-electron chi connectivity index (χ3n) is 8.28. The van der Waals surface area contributed by atoms with Gasteiger partial charge in [0.05, 0.1) is 25.5 Å². The highest BCUT2D eigenvalue weighted by molar-refractivity contribution is 5.85. The number of aliphatic hydroxyl groups is 4. The third kappa shape index (κ3) is 12.3. The molecule has 1 fully saturated rings. The number of hydrogen-bond donors (Lipinski definition) is 8. The van der Waals surface area contributed by atoms with Crippen molar-refractivity contribution in [2.45, 2.75) is 127 Å². The first-order valence-corrected chi connectivity index (χ1v) is 16.6. The van der Waals surface area contributed by atoms with Gasteiger partial charge in [0, 0.05) is 20.1 Å². The van der Waals surface area contributed by atoms with Crippen LogP contribution >= 0.6 is 0 Å². The maximum Gasteiger partial charge on any atom is 0.239 e. The number of anilines is 1. The molecule has 2 aromatic rings. The van der Waals surface area contributed by atoms with Crippen LogP contribution in [0.5, 0.6) is 0 Å². The third-order valence-corrected chi connectivity index (χ3v) is 8.28. The quantitative estimate of drug-likeness (QED) is 0.0796. The second kappa shape index (κ2) is 21.0. The molecule has 3 rings (SSSR count). The highest BCUT2D eigenvalue weighted by Crippen LogP contribution is 2.26. The van der Waals surface area contributed by atoms with E-state index in [2.05, 4.69) is 35.9 Å². The lowest BCUT2D eigenvalue weighted by Gasteiger charge is -2.44. The largest absolute Gasteiger partial charge is 0.394 e. The molecule has 0 unspecified atom stereocenters. The van der Waals surface area contributed by atoms with Gasteiger partial charge < -0.3 is 50.8 Å². The molecule has 46 heavy (non-hydrogen) atoms. The fourth-order valence-electron chi connectivity index (χ4n) is 5.63. The van der Waals surface area contributed by atoms with Crippen LogP contribution in [0.15, 0.2) is 12.7 Å². The molecule has 3 heterocycles. The normalized spacial score (nSPS) is 22.1. The van der Waals surface area contributed by atoms with Crippen molar-refractivity contribution < 1.29 is 39.5 Å². The zero-order valence-corrected chi connectivity index (χ0v) is 26.9. The second-order valence-corrected chi connectivity index (χ2v) is 11.9. The lowest BCUT2D eigenvalue weighted by molar-refractivity contribution is -0.204. The minimum atomic E-state index is -1.59. The summed E-state index contributed by atoms with van der Waals surface area (Å²) in [5, 5.41) is 49.6. The van der Waals surface area contributed by atoms with Gasteiger partial charge in [0.15, 0.2) is 17.7 Å². The van der Waals surface area contributed by atoms with Gasteiger partial charge >= 0.3 is 0 Å². The van der Waals surface area contributed by atoms with Crippen molar-refractivity contribution >= 4 is 28.8 Å². The van der Waals surface area contributed by atoms with Crippen LogP contribution < -0.4 is 16.0 Å². The molecule has 8 N–H and O–H groups in total. The summed E-state index contributed by atoms with van der Waals surface area (Å²) in [7, 11) is 1.75. The Bertz CT molecular complexity index is 1160. The van der Waals surface area contributed by atoms with E-state index in [0.29, 0.717) is 17.6 Å². The predicted octanol–water partition coefficient (Wildman–Crippen LogP) is 1.27. The number of nitrogens with one attached hydrogen (secondary N) is 4. The number of nitrogens with zero attached hydrogens (tertiary/aromatic N) is 3. The highest BCUT2D eigenvalue weighted by Gasteiger charge is 2.48. The molecular formula is C31H53N7O8. The Morgan fingerprint density at radius 1 is 0.913 bits per heavy atom. The van der Waals surface area contributed by atoms with Crippen LogP contribution in [-0.4, -0.2) is 116 Å². The molecule has 6 atom stereocenters. The number of hydrogen-bond acceptors (Lipinski definition) is 12. The van der Waals surface area contributed by atoms with Gasteiger partial charge in [-0.05, 0) is 12.8 Å². The van der Waals surface area contributed by atoms with Gasteiger partial charge in [0.25, 0.3) is 0 Å². The number of amides is 2. The van der Waals surface area contributed by atoms with Crippen molar-refractivity contribution in [3.8, 4) is 0 Å². The van der Waals surface area contributed by atoms with Crippen LogP contribution in [0.1, 0.15) is 89.9 Å². The number of aromatic amines is 1. The van der Waals surface area contributed by atoms with Gasteiger partial charge in [-0.15, -0.1) is 0 Å². The van der Waals surface area contributed by atoms with Gasteiger partial charge in [-0.25, -0.2) is 15.0 Å². The summed E-state index contributed by atoms with van der Waals surface area (Å²) in [4.78, 5) is 40.0. The van der Waals surface area contributed by atoms with E-state index in [1.165, 1.54) is 64.0 Å². The van der Waals surface area contributed by atoms with E-state index in [1.807, 2.05) is 0 Å². The lowest BCUT2D eigenvalue weighted by atomic mass is 9.92. The maximum atomic E-state index is 12.7. The van der Waals surface area contributed by atoms with E-state index in [1.54, 1.807) is 7.11 Å². The van der Waals surface area contributed by atoms with Crippen LogP contribution in [0.2, 0.25) is 0 Å². The number of unbranched alkanes of at least 4 members (excludes halogenated alkanes) is 12. The summed E-state index contributed by atoms with van der Waals surface area (Å²) in [5.74, 6) is -0.674. The smallest absolute Gasteiger partial charge is 0.239 e. The van der Waals surface area contributed by atoms with E-state index in [0.717, 1.165) is 38.7 Å². The molecule has 1 aliphatic heterocycles. The Kier molecular flexibility index (Phi) is 17.1. The first kappa shape index (κ1) is 37.5. The second-order valence-electron chi connectivity index (χ2n) is 11.9. The van der Waals surface area contributed by atoms with Crippen molar-refractivity contribution in [1.82, 2.24) is 30.6 Å². The minimum absolute atomic E-state index is 0.229. The summed E-state index contributed by atoms with van der Waals surface area (Å²) in [5.41, 5.74) is 0.791. The fourth-order valence-corrected chi connectivity index (χ4v) is 5.63. The molecule has 15 heteroatoms. The lowest BCUT2D eigenvalue weighted by Crippen LogP contribution is -2.68. The summed E-state index contributed by atoms with van der Waals surface area (Å²) < 4.78 is 10.9. The van der Waals surface area contributed by atoms with E-state index in [4.69, 9.17) is 9.47 Å². The Hall–Kier alpha value is -2.95. The molecule has 0 bridgehead atoms. The van der Waals surface area contributed by atoms with E-state index >= 15 is 0 Å². The van der Waals surface area contributed by atoms with Crippen molar-refractivity contribution in [3.05, 3.63) is 12.7 Å². The number of carbonyl (C=O) groups excluding carboxylic acids is 2. The van der Waals surface area contributed by atoms with Crippen molar-refractivity contribution in [2.24, 2.45) is 0 Å². The molecule has 2 aromatic heterocycles. The first-order valence-electron chi connectivity index (χ1n) is 16.6. The molecule has 260 valence electrons. The van der Waals surface area contributed by atoms with Crippen LogP contribution in [-0.2, 0) is 19.1 Å². The van der Waals surface area contributed by atoms with Crippen molar-refractivity contribution in [3.63, 3.8) is 0 Å². The molecule has 2 amide bonds. The number of ether oxygens (including phenoxy) is 2. The first-order chi connectivity index (χ1) is 22.3. The zero-order valence-electron chi connectivity index (χ0n) is 26.9. The monoisotopic (exact) mass is 651 g/mol. The van der Waals surface area contributed by atoms with Gasteiger partial charge in [0.1, 0.15) is 36.3 Å². The average Bonchev–Trinajstić information content (AvgIpc) is 3.55. The highest BCUT2D eigenvalue weighted by atomic mass is 16.5. The molecule has 0 spiro atoms. The number of aliphatic hydroxyl groups excluding tert-OH is 4. The molecule has 0 saturated carbocycles. The van der Waals surface area contributed by atoms with Crippen LogP contribution in [0, 0.1) is 0 Å². The van der Waals surface area contributed by atoms with Gasteiger partial charge in [-0.1, -0.05) is 70.6 Å². The number of aromatic nitrogens is 4. The summed E-state index contributed by atoms with van der Waals surface area (Å²) in [6, 6.07) is -1.27. The number of rotatable bonds is 23. The average molecular weight is 652 g/mol. The summed E-state index contributed by atoms with van der Waals surface area (Å²) >= 11 is 0. The Labute approximate surface area is 270 Å². The molecule has 0 aliphatic carbocycles. The summed E-state index contributed by atoms with van der Waals surface area (Å²) in [6.07, 6.45) is 11.0. The van der Waals surface area contributed by atoms with Crippen LogP contribution in [0.3, 0.4) is 0 Å². The summed E-state index contributed by atoms with van der Waals surface area (Å²) in [6.45, 7) is -0.217. The number of imidazole rings is 1. The maximum absolute atomic E-state index is 12.7. The van der Waals surface area contributed by atoms with Crippen molar-refractivity contribution in [2.75, 3.05) is 32.2 Å². The Morgan fingerprint density at radius 2 is 1.54 bits per heavy atom. The Morgan fingerprint density at radius 3 is 2.17 bits per heavy atom. The molecular weight excluding hydrogens is 598 g/mol. The van der Waals surface area contributed by atoms with Gasteiger partial charge in [-0.3, -0.25) is 9.59 Å². The topological polar surface area (TPSA) is 224 Å². The SMILES string of the molecule is COCCCCCCCCCCCCCCCC(=O)NCC(=O)N[C@@H]1[C@@H](O)[C@@H](O)[C@@H](Nc2ncnc3nc[nH]c23)O[C@H]1[C@@H](O)CO. The number of methoxy groups -OCH3 is 1. The predicted molar refractivity (Wildman–Crippen MR) is 171 cm³/mol. The van der Waals surface area contributed by atoms with E-state index < -0.39 is 49.2 Å². The van der Waals surface area contributed by atoms with Crippen molar-refractivity contribution in [1.29, 1.82) is 0 Å². The number of H-pyrrole nitrogens is 1.